The molecule has 1 aliphatic heterocycles. The maximum Gasteiger partial charge on any atom is 0.212 e. The zero-order valence-electron chi connectivity index (χ0n) is 9.03. The lowest BCUT2D eigenvalue weighted by Crippen LogP contribution is -2.30. The Bertz CT molecular complexity index is 462. The minimum Gasteiger partial charge on any atom is -0.353 e. The zero-order chi connectivity index (χ0) is 10.8. The normalized spacial score (nSPS) is 20.5. The Balaban J connectivity index is 1.79. The van der Waals surface area contributed by atoms with Crippen LogP contribution in [-0.4, -0.2) is 24.8 Å². The second kappa shape index (κ2) is 3.96. The molecule has 16 heavy (non-hydrogen) atoms. The van der Waals surface area contributed by atoms with Gasteiger partial charge >= 0.3 is 0 Å². The summed E-state index contributed by atoms with van der Waals surface area (Å²) in [5.74, 6) is 0.789. The van der Waals surface area contributed by atoms with Crippen LogP contribution < -0.4 is 10.7 Å². The first-order valence-corrected chi connectivity index (χ1v) is 5.63. The van der Waals surface area contributed by atoms with Gasteiger partial charge in [0.15, 0.2) is 0 Å². The van der Waals surface area contributed by atoms with Crippen LogP contribution in [0.5, 0.6) is 0 Å². The molecule has 4 nitrogen and oxygen atoms in total. The molecule has 1 aromatic rings. The minimum absolute atomic E-state index is 0.789. The summed E-state index contributed by atoms with van der Waals surface area (Å²) >= 11 is 0. The Morgan fingerprint density at radius 2 is 2.19 bits per heavy atom. The molecule has 2 aliphatic rings. The third-order valence-electron chi connectivity index (χ3n) is 2.93. The van der Waals surface area contributed by atoms with Gasteiger partial charge in [-0.25, -0.2) is 10.4 Å². The van der Waals surface area contributed by atoms with Gasteiger partial charge in [-0.2, -0.15) is 5.10 Å². The zero-order valence-corrected chi connectivity index (χ0v) is 9.03. The lowest BCUT2D eigenvalue weighted by molar-refractivity contribution is 0.913. The fourth-order valence-electron chi connectivity index (χ4n) is 2.12. The second-order valence-electron chi connectivity index (χ2n) is 3.98. The van der Waals surface area contributed by atoms with Crippen LogP contribution in [-0.2, 0) is 6.42 Å². The molecule has 0 radical (unpaired) electrons. The molecular weight excluding hydrogens is 200 g/mol. The summed E-state index contributed by atoms with van der Waals surface area (Å²) in [6.45, 7) is 1.74. The van der Waals surface area contributed by atoms with Crippen molar-refractivity contribution in [2.24, 2.45) is 10.1 Å². The Hall–Kier alpha value is -1.84. The third kappa shape index (κ3) is 1.66. The molecule has 0 bridgehead atoms. The van der Waals surface area contributed by atoms with Gasteiger partial charge in [0.25, 0.3) is 0 Å². The van der Waals surface area contributed by atoms with Gasteiger partial charge in [0.2, 0.25) is 5.96 Å². The number of nitrogens with one attached hydrogen (secondary N) is 2. The van der Waals surface area contributed by atoms with Crippen LogP contribution in [0.15, 0.2) is 34.4 Å². The van der Waals surface area contributed by atoms with Crippen LogP contribution in [0.25, 0.3) is 0 Å². The summed E-state index contributed by atoms with van der Waals surface area (Å²) in [7, 11) is 0. The number of guanidine groups is 1. The van der Waals surface area contributed by atoms with Gasteiger partial charge in [0.05, 0.1) is 12.3 Å². The van der Waals surface area contributed by atoms with E-state index in [4.69, 9.17) is 0 Å². The van der Waals surface area contributed by atoms with Crippen LogP contribution in [0.2, 0.25) is 0 Å². The number of aryl methyl sites for hydroxylation is 1. The maximum absolute atomic E-state index is 4.42. The molecular formula is C12H14N4. The number of hydrogen-bond donors (Lipinski definition) is 2. The van der Waals surface area contributed by atoms with Crippen molar-refractivity contribution in [1.29, 1.82) is 0 Å². The quantitative estimate of drug-likeness (QED) is 0.682. The van der Waals surface area contributed by atoms with Crippen molar-refractivity contribution in [3.05, 3.63) is 35.4 Å². The third-order valence-corrected chi connectivity index (χ3v) is 2.93. The van der Waals surface area contributed by atoms with E-state index in [9.17, 15) is 0 Å². The molecule has 0 amide bonds. The van der Waals surface area contributed by atoms with Crippen LogP contribution in [0.3, 0.4) is 0 Å². The van der Waals surface area contributed by atoms with E-state index in [0.29, 0.717) is 0 Å². The van der Waals surface area contributed by atoms with Crippen molar-refractivity contribution >= 4 is 11.7 Å². The smallest absolute Gasteiger partial charge is 0.212 e. The molecule has 0 saturated carbocycles. The van der Waals surface area contributed by atoms with Crippen molar-refractivity contribution < 1.29 is 0 Å². The van der Waals surface area contributed by atoms with Crippen molar-refractivity contribution in [3.63, 3.8) is 0 Å². The van der Waals surface area contributed by atoms with Gasteiger partial charge in [0.1, 0.15) is 0 Å². The molecule has 1 aliphatic carbocycles. The average Bonchev–Trinajstić information content (AvgIpc) is 2.96. The van der Waals surface area contributed by atoms with Crippen molar-refractivity contribution in [3.8, 4) is 0 Å². The van der Waals surface area contributed by atoms with E-state index >= 15 is 0 Å². The molecule has 2 N–H and O–H groups in total. The van der Waals surface area contributed by atoms with Gasteiger partial charge in [-0.3, -0.25) is 0 Å². The lowest BCUT2D eigenvalue weighted by atomic mass is 10.1. The summed E-state index contributed by atoms with van der Waals surface area (Å²) < 4.78 is 0. The fraction of sp³-hybridized carbons (Fsp3) is 0.333. The highest BCUT2D eigenvalue weighted by Crippen LogP contribution is 2.21. The Labute approximate surface area is 94.5 Å². The van der Waals surface area contributed by atoms with Gasteiger partial charge in [0, 0.05) is 12.1 Å². The fourth-order valence-corrected chi connectivity index (χ4v) is 2.12. The number of nitrogens with zero attached hydrogens (tertiary/aromatic N) is 2. The molecule has 0 spiro atoms. The molecule has 0 unspecified atom stereocenters. The molecule has 0 aromatic heterocycles. The first kappa shape index (κ1) is 9.39. The van der Waals surface area contributed by atoms with E-state index in [1.165, 1.54) is 11.1 Å². The Morgan fingerprint density at radius 3 is 3.06 bits per heavy atom. The number of aliphatic imine (C=N–C) groups is 1. The molecule has 1 heterocycles. The van der Waals surface area contributed by atoms with Crippen LogP contribution in [0.4, 0.5) is 0 Å². The topological polar surface area (TPSA) is 48.8 Å². The highest BCUT2D eigenvalue weighted by molar-refractivity contribution is 6.04. The Kier molecular flexibility index (Phi) is 2.33. The van der Waals surface area contributed by atoms with Gasteiger partial charge in [-0.15, -0.1) is 0 Å². The number of fused-ring (bicyclic) bond motifs is 1. The largest absolute Gasteiger partial charge is 0.353 e. The number of hydrogen-bond acceptors (Lipinski definition) is 4. The number of rotatable bonds is 1. The van der Waals surface area contributed by atoms with E-state index in [2.05, 4.69) is 45.1 Å². The number of benzene rings is 1. The van der Waals surface area contributed by atoms with Gasteiger partial charge < -0.3 is 5.32 Å². The molecule has 4 heteroatoms. The standard InChI is InChI=1S/C12H14N4/c1-2-4-10-9(3-1)5-6-11(10)15-16-12-13-7-8-14-12/h1-4H,5-8H2,(H2,13,14,16)/b15-11-. The SMILES string of the molecule is c1ccc2c(c1)CC/C2=N/NC1=NCCN1. The average molecular weight is 214 g/mol. The Morgan fingerprint density at radius 1 is 1.25 bits per heavy atom. The molecule has 0 fully saturated rings. The molecule has 82 valence electrons. The second-order valence-corrected chi connectivity index (χ2v) is 3.98. The highest BCUT2D eigenvalue weighted by atomic mass is 15.4. The van der Waals surface area contributed by atoms with Crippen LogP contribution in [0, 0.1) is 0 Å². The molecule has 1 aromatic carbocycles. The van der Waals surface area contributed by atoms with E-state index < -0.39 is 0 Å². The van der Waals surface area contributed by atoms with E-state index in [0.717, 1.165) is 37.6 Å². The van der Waals surface area contributed by atoms with Crippen molar-refractivity contribution in [1.82, 2.24) is 10.7 Å². The molecule has 0 atom stereocenters. The van der Waals surface area contributed by atoms with Crippen molar-refractivity contribution in [2.45, 2.75) is 12.8 Å². The molecule has 3 rings (SSSR count). The summed E-state index contributed by atoms with van der Waals surface area (Å²) in [4.78, 5) is 4.24. The highest BCUT2D eigenvalue weighted by Gasteiger charge is 2.16. The van der Waals surface area contributed by atoms with Crippen molar-refractivity contribution in [2.75, 3.05) is 13.1 Å². The first-order valence-electron chi connectivity index (χ1n) is 5.63. The van der Waals surface area contributed by atoms with E-state index in [1.54, 1.807) is 0 Å². The summed E-state index contributed by atoms with van der Waals surface area (Å²) in [5, 5.41) is 7.56. The van der Waals surface area contributed by atoms with Gasteiger partial charge in [-0.1, -0.05) is 24.3 Å². The summed E-state index contributed by atoms with van der Waals surface area (Å²) in [5.41, 5.74) is 6.79. The maximum atomic E-state index is 4.42. The van der Waals surface area contributed by atoms with Crippen LogP contribution >= 0.6 is 0 Å². The number of hydrazone groups is 1. The predicted molar refractivity (Wildman–Crippen MR) is 64.7 cm³/mol. The summed E-state index contributed by atoms with van der Waals surface area (Å²) in [6.07, 6.45) is 2.11. The first-order chi connectivity index (χ1) is 7.93. The monoisotopic (exact) mass is 214 g/mol. The summed E-state index contributed by atoms with van der Waals surface area (Å²) in [6, 6.07) is 8.44. The van der Waals surface area contributed by atoms with E-state index in [1.807, 2.05) is 0 Å². The van der Waals surface area contributed by atoms with E-state index in [-0.39, 0.29) is 0 Å². The minimum atomic E-state index is 0.789. The molecule has 0 saturated heterocycles. The van der Waals surface area contributed by atoms with Crippen LogP contribution in [0.1, 0.15) is 17.5 Å². The lowest BCUT2D eigenvalue weighted by Gasteiger charge is -2.02. The van der Waals surface area contributed by atoms with Gasteiger partial charge in [-0.05, 0) is 18.4 Å². The predicted octanol–water partition coefficient (Wildman–Crippen LogP) is 0.886.